The number of benzene rings is 2. The van der Waals surface area contributed by atoms with Gasteiger partial charge in [-0.15, -0.1) is 0 Å². The third-order valence-corrected chi connectivity index (χ3v) is 8.89. The highest BCUT2D eigenvalue weighted by atomic mass is 16.5. The summed E-state index contributed by atoms with van der Waals surface area (Å²) in [5.74, 6) is 0.897. The molecule has 0 radical (unpaired) electrons. The Bertz CT molecular complexity index is 1420. The average Bonchev–Trinajstić information content (AvgIpc) is 3.35. The fourth-order valence-corrected chi connectivity index (χ4v) is 5.80. The highest BCUT2D eigenvalue weighted by Gasteiger charge is 2.37. The van der Waals surface area contributed by atoms with E-state index in [2.05, 4.69) is 102 Å². The molecule has 0 amide bonds. The fraction of sp³-hybridized carbons (Fsp3) is 0.600. The molecule has 2 aromatic carbocycles. The van der Waals surface area contributed by atoms with Crippen LogP contribution in [0.2, 0.25) is 0 Å². The molecule has 1 aliphatic heterocycles. The second-order valence-corrected chi connectivity index (χ2v) is 17.3. The maximum atomic E-state index is 13.0. The number of hydrogen-bond donors (Lipinski definition) is 2. The molecular weight excluding hydrogens is 574 g/mol. The minimum Gasteiger partial charge on any atom is -0.507 e. The standard InChI is InChI=1S/C40H59NO5/c1-15-40(23-45-32(42)17-16-26-19-28(36(3,4)5)33(43)29(20-26)37(6,7)8)24-46-35(41-40)25(2)18-27-21-30(38(9,10)11)34(44)31(22-27)39(12,13)14/h19-22,43-44H,2,15-18,23-24H2,1,3-14H3. The minimum absolute atomic E-state index is 0.136. The van der Waals surface area contributed by atoms with Crippen LogP contribution in [0.15, 0.2) is 41.4 Å². The van der Waals surface area contributed by atoms with Crippen LogP contribution in [0, 0.1) is 0 Å². The molecule has 0 aliphatic carbocycles. The molecular formula is C40H59NO5. The molecule has 0 saturated heterocycles. The van der Waals surface area contributed by atoms with Gasteiger partial charge >= 0.3 is 5.97 Å². The number of aromatic hydroxyl groups is 2. The van der Waals surface area contributed by atoms with Crippen LogP contribution in [0.1, 0.15) is 136 Å². The van der Waals surface area contributed by atoms with Gasteiger partial charge in [0.2, 0.25) is 5.90 Å². The molecule has 1 aliphatic rings. The van der Waals surface area contributed by atoms with Crippen LogP contribution in [0.4, 0.5) is 0 Å². The molecule has 0 spiro atoms. The van der Waals surface area contributed by atoms with Crippen LogP contribution < -0.4 is 0 Å². The van der Waals surface area contributed by atoms with Crippen LogP contribution in [-0.2, 0) is 48.8 Å². The van der Waals surface area contributed by atoms with Crippen LogP contribution in [0.3, 0.4) is 0 Å². The molecule has 1 unspecified atom stereocenters. The van der Waals surface area contributed by atoms with Gasteiger partial charge in [0.05, 0.1) is 0 Å². The molecule has 3 rings (SSSR count). The number of rotatable bonds is 9. The van der Waals surface area contributed by atoms with E-state index < -0.39 is 5.54 Å². The number of carbonyl (C=O) groups is 1. The lowest BCUT2D eigenvalue weighted by molar-refractivity contribution is -0.145. The topological polar surface area (TPSA) is 88.4 Å². The maximum Gasteiger partial charge on any atom is 0.306 e. The van der Waals surface area contributed by atoms with Crippen molar-refractivity contribution >= 4 is 11.9 Å². The summed E-state index contributed by atoms with van der Waals surface area (Å²) < 4.78 is 11.9. The Kier molecular flexibility index (Phi) is 10.6. The molecule has 0 aromatic heterocycles. The van der Waals surface area contributed by atoms with Crippen molar-refractivity contribution in [2.24, 2.45) is 4.99 Å². The Morgan fingerprint density at radius 1 is 0.804 bits per heavy atom. The van der Waals surface area contributed by atoms with Gasteiger partial charge in [0.1, 0.15) is 30.3 Å². The molecule has 0 saturated carbocycles. The first-order valence-electron chi connectivity index (χ1n) is 16.7. The second-order valence-electron chi connectivity index (χ2n) is 17.3. The van der Waals surface area contributed by atoms with Gasteiger partial charge in [-0.3, -0.25) is 4.79 Å². The lowest BCUT2D eigenvalue weighted by Gasteiger charge is -2.28. The van der Waals surface area contributed by atoms with E-state index >= 15 is 0 Å². The fourth-order valence-electron chi connectivity index (χ4n) is 5.80. The summed E-state index contributed by atoms with van der Waals surface area (Å²) in [6.45, 7) is 31.9. The zero-order valence-corrected chi connectivity index (χ0v) is 30.8. The van der Waals surface area contributed by atoms with Crippen molar-refractivity contribution in [3.63, 3.8) is 0 Å². The Labute approximate surface area is 278 Å². The summed E-state index contributed by atoms with van der Waals surface area (Å²) in [6, 6.07) is 8.15. The average molecular weight is 634 g/mol. The highest BCUT2D eigenvalue weighted by molar-refractivity contribution is 5.94. The van der Waals surface area contributed by atoms with Crippen molar-refractivity contribution in [3.05, 3.63) is 69.8 Å². The van der Waals surface area contributed by atoms with Gasteiger partial charge in [-0.2, -0.15) is 0 Å². The van der Waals surface area contributed by atoms with Gasteiger partial charge in [-0.1, -0.05) is 121 Å². The van der Waals surface area contributed by atoms with Crippen LogP contribution in [-0.4, -0.2) is 40.8 Å². The van der Waals surface area contributed by atoms with Crippen LogP contribution >= 0.6 is 0 Å². The zero-order valence-electron chi connectivity index (χ0n) is 30.8. The van der Waals surface area contributed by atoms with E-state index in [1.54, 1.807) is 0 Å². The number of aryl methyl sites for hydroxylation is 1. The Morgan fingerprint density at radius 3 is 1.61 bits per heavy atom. The number of phenolic OH excluding ortho intramolecular Hbond substituents is 2. The molecule has 0 bridgehead atoms. The van der Waals surface area contributed by atoms with Gasteiger partial charge in [0, 0.05) is 18.4 Å². The van der Waals surface area contributed by atoms with E-state index in [0.29, 0.717) is 43.3 Å². The molecule has 1 heterocycles. The minimum atomic E-state index is -0.659. The SMILES string of the molecule is C=C(Cc1cc(C(C)(C)C)c(O)c(C(C)(C)C)c1)C1=NC(CC)(COC(=O)CCc2cc(C(C)(C)C)c(O)c(C(C)(C)C)c2)CO1. The first-order chi connectivity index (χ1) is 20.9. The summed E-state index contributed by atoms with van der Waals surface area (Å²) in [5, 5.41) is 22.1. The van der Waals surface area contributed by atoms with Gasteiger partial charge in [-0.05, 0) is 67.9 Å². The molecule has 46 heavy (non-hydrogen) atoms. The quantitative estimate of drug-likeness (QED) is 0.269. The predicted octanol–water partition coefficient (Wildman–Crippen LogP) is 9.14. The normalized spacial score (nSPS) is 17.5. The first kappa shape index (κ1) is 37.2. The lowest BCUT2D eigenvalue weighted by Crippen LogP contribution is -2.34. The number of nitrogens with zero attached hydrogens (tertiary/aromatic N) is 1. The monoisotopic (exact) mass is 633 g/mol. The van der Waals surface area contributed by atoms with Gasteiger partial charge in [0.25, 0.3) is 0 Å². The molecule has 6 nitrogen and oxygen atoms in total. The largest absolute Gasteiger partial charge is 0.507 e. The van der Waals surface area contributed by atoms with E-state index in [-0.39, 0.29) is 40.7 Å². The van der Waals surface area contributed by atoms with Crippen molar-refractivity contribution in [3.8, 4) is 11.5 Å². The van der Waals surface area contributed by atoms with Crippen molar-refractivity contribution in [1.82, 2.24) is 0 Å². The molecule has 1 atom stereocenters. The number of aliphatic imine (C=N–C) groups is 1. The summed E-state index contributed by atoms with van der Waals surface area (Å²) in [7, 11) is 0. The molecule has 6 heteroatoms. The lowest BCUT2D eigenvalue weighted by atomic mass is 9.78. The second kappa shape index (κ2) is 13.1. The molecule has 254 valence electrons. The number of phenols is 2. The van der Waals surface area contributed by atoms with Crippen LogP contribution in [0.25, 0.3) is 0 Å². The number of esters is 1. The Morgan fingerprint density at radius 2 is 1.22 bits per heavy atom. The van der Waals surface area contributed by atoms with Crippen molar-refractivity contribution in [1.29, 1.82) is 0 Å². The van der Waals surface area contributed by atoms with Crippen LogP contribution in [0.5, 0.6) is 11.5 Å². The predicted molar refractivity (Wildman–Crippen MR) is 190 cm³/mol. The van der Waals surface area contributed by atoms with Gasteiger partial charge < -0.3 is 19.7 Å². The third kappa shape index (κ3) is 8.74. The van der Waals surface area contributed by atoms with Crippen molar-refractivity contribution < 1.29 is 24.5 Å². The molecule has 0 fully saturated rings. The third-order valence-electron chi connectivity index (χ3n) is 8.89. The smallest absolute Gasteiger partial charge is 0.306 e. The number of ether oxygens (including phenoxy) is 2. The Balaban J connectivity index is 1.73. The first-order valence-corrected chi connectivity index (χ1v) is 16.7. The summed E-state index contributed by atoms with van der Waals surface area (Å²) in [5.41, 5.74) is 4.81. The summed E-state index contributed by atoms with van der Waals surface area (Å²) >= 11 is 0. The van der Waals surface area contributed by atoms with Crippen molar-refractivity contribution in [2.75, 3.05) is 13.2 Å². The van der Waals surface area contributed by atoms with E-state index in [1.165, 1.54) is 0 Å². The number of hydrogen-bond acceptors (Lipinski definition) is 6. The van der Waals surface area contributed by atoms with E-state index in [9.17, 15) is 15.0 Å². The highest BCUT2D eigenvalue weighted by Crippen LogP contribution is 2.41. The van der Waals surface area contributed by atoms with Gasteiger partial charge in [-0.25, -0.2) is 4.99 Å². The summed E-state index contributed by atoms with van der Waals surface area (Å²) in [6.07, 6.45) is 1.94. The van der Waals surface area contributed by atoms with Gasteiger partial charge in [0.15, 0.2) is 0 Å². The zero-order chi connectivity index (χ0) is 35.0. The van der Waals surface area contributed by atoms with E-state index in [1.807, 2.05) is 19.1 Å². The van der Waals surface area contributed by atoms with E-state index in [0.717, 1.165) is 39.0 Å². The molecule has 2 N–H and O–H groups in total. The maximum absolute atomic E-state index is 13.0. The number of carbonyl (C=O) groups excluding carboxylic acids is 1. The molecule has 2 aromatic rings. The Hall–Kier alpha value is -3.28. The summed E-state index contributed by atoms with van der Waals surface area (Å²) in [4.78, 5) is 17.9. The van der Waals surface area contributed by atoms with E-state index in [4.69, 9.17) is 14.5 Å². The van der Waals surface area contributed by atoms with Crippen molar-refractivity contribution in [2.45, 2.75) is 143 Å².